The predicted molar refractivity (Wildman–Crippen MR) is 64.9 cm³/mol. The maximum Gasteiger partial charge on any atom is 0.145 e. The molecule has 3 rings (SSSR count). The van der Waals surface area contributed by atoms with E-state index in [9.17, 15) is 0 Å². The van der Waals surface area contributed by atoms with Crippen LogP contribution in [-0.4, -0.2) is 14.5 Å². The molecule has 1 fully saturated rings. The minimum absolute atomic E-state index is 0.559. The Labute approximate surface area is 99.5 Å². The van der Waals surface area contributed by atoms with Gasteiger partial charge in [-0.15, -0.1) is 0 Å². The molecule has 0 radical (unpaired) electrons. The first kappa shape index (κ1) is 10.1. The third kappa shape index (κ3) is 1.42. The summed E-state index contributed by atoms with van der Waals surface area (Å²) in [5, 5.41) is 1.89. The molecule has 0 amide bonds. The second-order valence-electron chi connectivity index (χ2n) is 4.38. The van der Waals surface area contributed by atoms with E-state index >= 15 is 0 Å². The molecule has 0 unspecified atom stereocenters. The van der Waals surface area contributed by atoms with Gasteiger partial charge in [0.15, 0.2) is 0 Å². The quantitative estimate of drug-likeness (QED) is 0.800. The molecule has 0 saturated heterocycles. The Morgan fingerprint density at radius 3 is 2.81 bits per heavy atom. The van der Waals surface area contributed by atoms with Gasteiger partial charge in [0.1, 0.15) is 16.6 Å². The topological polar surface area (TPSA) is 30.7 Å². The van der Waals surface area contributed by atoms with Crippen LogP contribution in [0.4, 0.5) is 0 Å². The highest BCUT2D eigenvalue weighted by Gasteiger charge is 2.28. The summed E-state index contributed by atoms with van der Waals surface area (Å²) in [5.74, 6) is 0.904. The van der Waals surface area contributed by atoms with E-state index in [0.717, 1.165) is 34.1 Å². The van der Waals surface area contributed by atoms with Crippen LogP contribution in [0.5, 0.6) is 0 Å². The molecule has 0 bridgehead atoms. The van der Waals surface area contributed by atoms with Crippen LogP contribution in [0, 0.1) is 6.92 Å². The highest BCUT2D eigenvalue weighted by atomic mass is 35.5. The van der Waals surface area contributed by atoms with Gasteiger partial charge in [0, 0.05) is 17.8 Å². The van der Waals surface area contributed by atoms with E-state index < -0.39 is 0 Å². The van der Waals surface area contributed by atoms with Gasteiger partial charge in [0.05, 0.1) is 5.69 Å². The molecule has 1 saturated carbocycles. The van der Waals surface area contributed by atoms with Crippen molar-refractivity contribution in [2.24, 2.45) is 0 Å². The van der Waals surface area contributed by atoms with Gasteiger partial charge in [-0.05, 0) is 25.8 Å². The summed E-state index contributed by atoms with van der Waals surface area (Å²) < 4.78 is 2.16. The van der Waals surface area contributed by atoms with Gasteiger partial charge in [-0.2, -0.15) is 0 Å². The van der Waals surface area contributed by atoms with Crippen LogP contribution in [-0.2, 0) is 6.42 Å². The summed E-state index contributed by atoms with van der Waals surface area (Å²) in [4.78, 5) is 9.07. The summed E-state index contributed by atoms with van der Waals surface area (Å²) >= 11 is 6.27. The van der Waals surface area contributed by atoms with Gasteiger partial charge in [-0.1, -0.05) is 18.5 Å². The molecular weight excluding hydrogens is 222 g/mol. The number of halogens is 1. The number of aromatic nitrogens is 3. The van der Waals surface area contributed by atoms with Crippen molar-refractivity contribution < 1.29 is 0 Å². The first-order valence-electron chi connectivity index (χ1n) is 5.74. The molecule has 0 N–H and O–H groups in total. The molecule has 16 heavy (non-hydrogen) atoms. The maximum absolute atomic E-state index is 6.27. The van der Waals surface area contributed by atoms with Crippen molar-refractivity contribution >= 4 is 22.6 Å². The Morgan fingerprint density at radius 2 is 2.19 bits per heavy atom. The van der Waals surface area contributed by atoms with Gasteiger partial charge in [-0.25, -0.2) is 9.97 Å². The standard InChI is InChI=1S/C12H14ClN3/c1-3-11-14-7(2)9-6-10(13)16(8-4-5-8)12(9)15-11/h6,8H,3-5H2,1-2H3. The zero-order valence-corrected chi connectivity index (χ0v) is 10.3. The molecule has 0 atom stereocenters. The van der Waals surface area contributed by atoms with E-state index in [1.807, 2.05) is 13.0 Å². The van der Waals surface area contributed by atoms with E-state index in [1.54, 1.807) is 0 Å². The van der Waals surface area contributed by atoms with E-state index in [0.29, 0.717) is 6.04 Å². The highest BCUT2D eigenvalue weighted by molar-refractivity contribution is 6.31. The van der Waals surface area contributed by atoms with Crippen LogP contribution in [0.2, 0.25) is 5.15 Å². The van der Waals surface area contributed by atoms with Crippen LogP contribution >= 0.6 is 11.6 Å². The lowest BCUT2D eigenvalue weighted by molar-refractivity contribution is 0.760. The van der Waals surface area contributed by atoms with Gasteiger partial charge < -0.3 is 4.57 Å². The highest BCUT2D eigenvalue weighted by Crippen LogP contribution is 2.40. The molecule has 4 heteroatoms. The SMILES string of the molecule is CCc1nc(C)c2cc(Cl)n(C3CC3)c2n1. The normalized spacial score (nSPS) is 15.9. The molecule has 1 aliphatic carbocycles. The second kappa shape index (κ2) is 3.45. The fourth-order valence-electron chi connectivity index (χ4n) is 2.10. The number of aryl methyl sites for hydroxylation is 2. The Kier molecular flexibility index (Phi) is 2.18. The Bertz CT molecular complexity index is 555. The Hall–Kier alpha value is -1.09. The zero-order valence-electron chi connectivity index (χ0n) is 9.50. The molecule has 0 aromatic carbocycles. The molecular formula is C12H14ClN3. The van der Waals surface area contributed by atoms with Crippen molar-refractivity contribution in [3.63, 3.8) is 0 Å². The molecule has 0 aliphatic heterocycles. The maximum atomic E-state index is 6.27. The van der Waals surface area contributed by atoms with Crippen molar-refractivity contribution in [1.82, 2.24) is 14.5 Å². The van der Waals surface area contributed by atoms with Crippen molar-refractivity contribution in [2.45, 2.75) is 39.2 Å². The van der Waals surface area contributed by atoms with Crippen molar-refractivity contribution in [3.05, 3.63) is 22.7 Å². The largest absolute Gasteiger partial charge is 0.313 e. The summed E-state index contributed by atoms with van der Waals surface area (Å²) in [5.41, 5.74) is 2.04. The zero-order chi connectivity index (χ0) is 11.3. The molecule has 84 valence electrons. The van der Waals surface area contributed by atoms with Crippen LogP contribution in [0.1, 0.15) is 37.3 Å². The minimum atomic E-state index is 0.559. The van der Waals surface area contributed by atoms with Gasteiger partial charge in [-0.3, -0.25) is 0 Å². The molecule has 2 aromatic rings. The van der Waals surface area contributed by atoms with Crippen LogP contribution < -0.4 is 0 Å². The van der Waals surface area contributed by atoms with Gasteiger partial charge in [0.2, 0.25) is 0 Å². The number of hydrogen-bond donors (Lipinski definition) is 0. The van der Waals surface area contributed by atoms with E-state index in [1.165, 1.54) is 12.8 Å². The average Bonchev–Trinajstić information content (AvgIpc) is 3.02. The van der Waals surface area contributed by atoms with Crippen LogP contribution in [0.15, 0.2) is 6.07 Å². The Balaban J connectivity index is 2.32. The third-order valence-electron chi connectivity index (χ3n) is 3.11. The lowest BCUT2D eigenvalue weighted by Gasteiger charge is -2.05. The van der Waals surface area contributed by atoms with Crippen LogP contribution in [0.25, 0.3) is 11.0 Å². The smallest absolute Gasteiger partial charge is 0.145 e. The fraction of sp³-hybridized carbons (Fsp3) is 0.500. The molecule has 0 spiro atoms. The molecule has 2 heterocycles. The number of rotatable bonds is 2. The van der Waals surface area contributed by atoms with Crippen molar-refractivity contribution in [3.8, 4) is 0 Å². The lowest BCUT2D eigenvalue weighted by atomic mass is 10.3. The fourth-order valence-corrected chi connectivity index (χ4v) is 2.43. The second-order valence-corrected chi connectivity index (χ2v) is 4.77. The number of fused-ring (bicyclic) bond motifs is 1. The summed E-state index contributed by atoms with van der Waals surface area (Å²) in [6, 6.07) is 2.55. The first-order valence-corrected chi connectivity index (χ1v) is 6.12. The van der Waals surface area contributed by atoms with E-state index in [2.05, 4.69) is 21.5 Å². The average molecular weight is 236 g/mol. The summed E-state index contributed by atoms with van der Waals surface area (Å²) in [6.45, 7) is 4.10. The van der Waals surface area contributed by atoms with Crippen LogP contribution in [0.3, 0.4) is 0 Å². The summed E-state index contributed by atoms with van der Waals surface area (Å²) in [7, 11) is 0. The molecule has 3 nitrogen and oxygen atoms in total. The number of hydrogen-bond acceptors (Lipinski definition) is 2. The Morgan fingerprint density at radius 1 is 1.44 bits per heavy atom. The lowest BCUT2D eigenvalue weighted by Crippen LogP contribution is -2.00. The van der Waals surface area contributed by atoms with Gasteiger partial charge in [0.25, 0.3) is 0 Å². The molecule has 1 aliphatic rings. The predicted octanol–water partition coefficient (Wildman–Crippen LogP) is 3.29. The van der Waals surface area contributed by atoms with Crippen molar-refractivity contribution in [1.29, 1.82) is 0 Å². The van der Waals surface area contributed by atoms with E-state index in [-0.39, 0.29) is 0 Å². The first-order chi connectivity index (χ1) is 7.70. The minimum Gasteiger partial charge on any atom is -0.313 e. The number of nitrogens with zero attached hydrogens (tertiary/aromatic N) is 3. The third-order valence-corrected chi connectivity index (χ3v) is 3.40. The monoisotopic (exact) mass is 235 g/mol. The molecule has 2 aromatic heterocycles. The van der Waals surface area contributed by atoms with Gasteiger partial charge >= 0.3 is 0 Å². The summed E-state index contributed by atoms with van der Waals surface area (Å²) in [6.07, 6.45) is 3.30. The van der Waals surface area contributed by atoms with E-state index in [4.69, 9.17) is 11.6 Å². The van der Waals surface area contributed by atoms with Crippen molar-refractivity contribution in [2.75, 3.05) is 0 Å².